The highest BCUT2D eigenvalue weighted by molar-refractivity contribution is 5.76. The lowest BCUT2D eigenvalue weighted by molar-refractivity contribution is -0.120. The minimum atomic E-state index is -0.331. The van der Waals surface area contributed by atoms with E-state index in [-0.39, 0.29) is 17.9 Å². The summed E-state index contributed by atoms with van der Waals surface area (Å²) in [6, 6.07) is 0.0296. The largest absolute Gasteiger partial charge is 0.370 e. The molecule has 0 radical (unpaired) electrons. The Morgan fingerprint density at radius 1 is 1.43 bits per heavy atom. The van der Waals surface area contributed by atoms with Gasteiger partial charge in [0.2, 0.25) is 11.8 Å². The fourth-order valence-electron chi connectivity index (χ4n) is 1.09. The summed E-state index contributed by atoms with van der Waals surface area (Å²) < 4.78 is 0. The highest BCUT2D eigenvalue weighted by Crippen LogP contribution is 1.89. The van der Waals surface area contributed by atoms with Crippen molar-refractivity contribution in [2.24, 2.45) is 5.73 Å². The summed E-state index contributed by atoms with van der Waals surface area (Å²) >= 11 is 0. The third-order valence-electron chi connectivity index (χ3n) is 1.73. The molecule has 1 atom stereocenters. The van der Waals surface area contributed by atoms with E-state index in [2.05, 4.69) is 10.6 Å². The molecule has 5 heteroatoms. The minimum absolute atomic E-state index is 0.0197. The van der Waals surface area contributed by atoms with Crippen LogP contribution in [0.25, 0.3) is 0 Å². The van der Waals surface area contributed by atoms with Crippen LogP contribution in [-0.2, 0) is 9.59 Å². The molecule has 0 fully saturated rings. The number of primary amides is 1. The fraction of sp³-hybridized carbons (Fsp3) is 0.778. The molecule has 82 valence electrons. The Balaban J connectivity index is 3.43. The summed E-state index contributed by atoms with van der Waals surface area (Å²) in [6.45, 7) is 4.96. The second-order valence-electron chi connectivity index (χ2n) is 3.23. The van der Waals surface area contributed by atoms with Crippen molar-refractivity contribution in [3.63, 3.8) is 0 Å². The Kier molecular flexibility index (Phi) is 6.74. The molecule has 0 spiro atoms. The molecule has 4 N–H and O–H groups in total. The monoisotopic (exact) mass is 201 g/mol. The van der Waals surface area contributed by atoms with E-state index in [1.807, 2.05) is 13.8 Å². The first-order valence-electron chi connectivity index (χ1n) is 4.84. The van der Waals surface area contributed by atoms with Gasteiger partial charge in [-0.25, -0.2) is 0 Å². The summed E-state index contributed by atoms with van der Waals surface area (Å²) in [6.07, 6.45) is 0.729. The van der Waals surface area contributed by atoms with Gasteiger partial charge in [0.15, 0.2) is 0 Å². The number of amides is 2. The normalized spacial score (nSPS) is 12.1. The van der Waals surface area contributed by atoms with Gasteiger partial charge in [0.1, 0.15) is 0 Å². The van der Waals surface area contributed by atoms with Crippen molar-refractivity contribution in [2.75, 3.05) is 13.1 Å². The number of hydrogen-bond donors (Lipinski definition) is 3. The van der Waals surface area contributed by atoms with E-state index in [1.54, 1.807) is 0 Å². The van der Waals surface area contributed by atoms with Crippen LogP contribution >= 0.6 is 0 Å². The molecule has 5 nitrogen and oxygen atoms in total. The Bertz CT molecular complexity index is 194. The van der Waals surface area contributed by atoms with Gasteiger partial charge in [0, 0.05) is 32.0 Å². The van der Waals surface area contributed by atoms with Crippen LogP contribution in [0.15, 0.2) is 0 Å². The van der Waals surface area contributed by atoms with E-state index in [0.717, 1.165) is 0 Å². The van der Waals surface area contributed by atoms with Crippen LogP contribution in [0.3, 0.4) is 0 Å². The molecule has 0 aliphatic carbocycles. The SMILES string of the molecule is CCNC(=O)CCNC(C)CC(N)=O. The molecule has 1 unspecified atom stereocenters. The van der Waals surface area contributed by atoms with Crippen LogP contribution in [0.2, 0.25) is 0 Å². The van der Waals surface area contributed by atoms with E-state index in [4.69, 9.17) is 5.73 Å². The average molecular weight is 201 g/mol. The lowest BCUT2D eigenvalue weighted by atomic mass is 10.2. The van der Waals surface area contributed by atoms with E-state index >= 15 is 0 Å². The molecule has 2 amide bonds. The van der Waals surface area contributed by atoms with Crippen LogP contribution in [0.4, 0.5) is 0 Å². The van der Waals surface area contributed by atoms with Gasteiger partial charge in [-0.1, -0.05) is 0 Å². The number of carbonyl (C=O) groups excluding carboxylic acids is 2. The summed E-state index contributed by atoms with van der Waals surface area (Å²) in [4.78, 5) is 21.5. The number of carbonyl (C=O) groups is 2. The van der Waals surface area contributed by atoms with Crippen LogP contribution in [-0.4, -0.2) is 30.9 Å². The average Bonchev–Trinajstić information content (AvgIpc) is 2.02. The maximum atomic E-state index is 11.0. The van der Waals surface area contributed by atoms with Crippen molar-refractivity contribution < 1.29 is 9.59 Å². The molecular formula is C9H19N3O2. The third-order valence-corrected chi connectivity index (χ3v) is 1.73. The fourth-order valence-corrected chi connectivity index (χ4v) is 1.09. The number of nitrogens with two attached hydrogens (primary N) is 1. The van der Waals surface area contributed by atoms with Crippen molar-refractivity contribution in [3.05, 3.63) is 0 Å². The molecule has 0 saturated carbocycles. The molecule has 0 aliphatic heterocycles. The van der Waals surface area contributed by atoms with Crippen molar-refractivity contribution in [1.29, 1.82) is 0 Å². The number of nitrogens with one attached hydrogen (secondary N) is 2. The molecule has 0 rings (SSSR count). The van der Waals surface area contributed by atoms with Crippen molar-refractivity contribution in [3.8, 4) is 0 Å². The molecule has 14 heavy (non-hydrogen) atoms. The maximum absolute atomic E-state index is 11.0. The highest BCUT2D eigenvalue weighted by atomic mass is 16.1. The lowest BCUT2D eigenvalue weighted by Crippen LogP contribution is -2.34. The van der Waals surface area contributed by atoms with Gasteiger partial charge >= 0.3 is 0 Å². The van der Waals surface area contributed by atoms with E-state index in [0.29, 0.717) is 25.9 Å². The van der Waals surface area contributed by atoms with Gasteiger partial charge < -0.3 is 16.4 Å². The summed E-state index contributed by atoms with van der Waals surface area (Å²) in [5, 5.41) is 5.73. The molecule has 0 aliphatic rings. The quantitative estimate of drug-likeness (QED) is 0.512. The predicted octanol–water partition coefficient (Wildman–Crippen LogP) is -0.634. The summed E-state index contributed by atoms with van der Waals surface area (Å²) in [5.41, 5.74) is 5.01. The first kappa shape index (κ1) is 12.9. The zero-order chi connectivity index (χ0) is 11.0. The number of hydrogen-bond acceptors (Lipinski definition) is 3. The van der Waals surface area contributed by atoms with Gasteiger partial charge in [-0.2, -0.15) is 0 Å². The Hall–Kier alpha value is -1.10. The maximum Gasteiger partial charge on any atom is 0.221 e. The Morgan fingerprint density at radius 3 is 2.57 bits per heavy atom. The van der Waals surface area contributed by atoms with Crippen molar-refractivity contribution >= 4 is 11.8 Å². The Labute approximate surface area is 84.4 Å². The molecule has 0 heterocycles. The minimum Gasteiger partial charge on any atom is -0.370 e. The zero-order valence-electron chi connectivity index (χ0n) is 8.80. The standard InChI is InChI=1S/C9H19N3O2/c1-3-11-9(14)4-5-12-7(2)6-8(10)13/h7,12H,3-6H2,1-2H3,(H2,10,13)(H,11,14). The van der Waals surface area contributed by atoms with Crippen LogP contribution < -0.4 is 16.4 Å². The van der Waals surface area contributed by atoms with Crippen LogP contribution in [0.1, 0.15) is 26.7 Å². The van der Waals surface area contributed by atoms with Gasteiger partial charge in [-0.3, -0.25) is 9.59 Å². The number of rotatable bonds is 7. The van der Waals surface area contributed by atoms with Crippen LogP contribution in [0.5, 0.6) is 0 Å². The van der Waals surface area contributed by atoms with Gasteiger partial charge in [-0.15, -0.1) is 0 Å². The second-order valence-corrected chi connectivity index (χ2v) is 3.23. The second kappa shape index (κ2) is 7.32. The van der Waals surface area contributed by atoms with E-state index < -0.39 is 0 Å². The molecular weight excluding hydrogens is 182 g/mol. The highest BCUT2D eigenvalue weighted by Gasteiger charge is 2.05. The van der Waals surface area contributed by atoms with E-state index in [9.17, 15) is 9.59 Å². The topological polar surface area (TPSA) is 84.2 Å². The smallest absolute Gasteiger partial charge is 0.221 e. The lowest BCUT2D eigenvalue weighted by Gasteiger charge is -2.11. The van der Waals surface area contributed by atoms with Crippen molar-refractivity contribution in [2.45, 2.75) is 32.7 Å². The first-order chi connectivity index (χ1) is 6.56. The Morgan fingerprint density at radius 2 is 2.07 bits per heavy atom. The molecule has 0 aromatic rings. The van der Waals surface area contributed by atoms with Gasteiger partial charge in [0.05, 0.1) is 0 Å². The molecule has 0 aromatic carbocycles. The first-order valence-corrected chi connectivity index (χ1v) is 4.84. The molecule has 0 saturated heterocycles. The molecule has 0 bridgehead atoms. The summed E-state index contributed by atoms with van der Waals surface area (Å²) in [5.74, 6) is -0.311. The van der Waals surface area contributed by atoms with Crippen LogP contribution in [0, 0.1) is 0 Å². The van der Waals surface area contributed by atoms with Gasteiger partial charge in [-0.05, 0) is 13.8 Å². The summed E-state index contributed by atoms with van der Waals surface area (Å²) in [7, 11) is 0. The molecule has 0 aromatic heterocycles. The predicted molar refractivity (Wildman–Crippen MR) is 54.6 cm³/mol. The van der Waals surface area contributed by atoms with Gasteiger partial charge in [0.25, 0.3) is 0 Å². The third kappa shape index (κ3) is 7.54. The van der Waals surface area contributed by atoms with Crippen molar-refractivity contribution in [1.82, 2.24) is 10.6 Å². The zero-order valence-corrected chi connectivity index (χ0v) is 8.80. The van der Waals surface area contributed by atoms with E-state index in [1.165, 1.54) is 0 Å².